The normalized spacial score (nSPS) is 18.2. The van der Waals surface area contributed by atoms with E-state index in [0.29, 0.717) is 17.5 Å². The number of hydrogen-bond acceptors (Lipinski definition) is 7. The largest absolute Gasteiger partial charge is 0.402 e. The van der Waals surface area contributed by atoms with Crippen molar-refractivity contribution in [2.75, 3.05) is 36.4 Å². The first-order chi connectivity index (χ1) is 15.5. The highest BCUT2D eigenvalue weighted by atomic mass is 15.2. The average molecular weight is 434 g/mol. The maximum atomic E-state index is 8.28. The number of anilines is 2. The molecule has 0 aromatic carbocycles. The van der Waals surface area contributed by atoms with Gasteiger partial charge in [0, 0.05) is 61.0 Å². The Morgan fingerprint density at radius 2 is 1.88 bits per heavy atom. The van der Waals surface area contributed by atoms with Gasteiger partial charge >= 0.3 is 0 Å². The van der Waals surface area contributed by atoms with Crippen LogP contribution in [0.2, 0.25) is 0 Å². The molecule has 2 aliphatic rings. The minimum absolute atomic E-state index is 0.461. The van der Waals surface area contributed by atoms with Crippen LogP contribution >= 0.6 is 0 Å². The number of nitrogens with one attached hydrogen (secondary N) is 3. The van der Waals surface area contributed by atoms with E-state index in [1.165, 1.54) is 32.1 Å². The minimum Gasteiger partial charge on any atom is -0.402 e. The Labute approximate surface area is 191 Å². The topological polar surface area (TPSA) is 103 Å². The summed E-state index contributed by atoms with van der Waals surface area (Å²) in [7, 11) is 0. The van der Waals surface area contributed by atoms with Crippen LogP contribution in [-0.2, 0) is 0 Å². The summed E-state index contributed by atoms with van der Waals surface area (Å²) in [6.45, 7) is 7.34. The molecule has 0 unspecified atom stereocenters. The fourth-order valence-corrected chi connectivity index (χ4v) is 4.73. The van der Waals surface area contributed by atoms with E-state index in [2.05, 4.69) is 38.7 Å². The van der Waals surface area contributed by atoms with E-state index in [9.17, 15) is 0 Å². The minimum atomic E-state index is 0.461. The quantitative estimate of drug-likeness (QED) is 0.513. The molecule has 0 amide bonds. The molecule has 5 N–H and O–H groups in total. The van der Waals surface area contributed by atoms with Crippen LogP contribution in [0, 0.1) is 5.41 Å². The van der Waals surface area contributed by atoms with Gasteiger partial charge in [0.1, 0.15) is 11.6 Å². The lowest BCUT2D eigenvalue weighted by atomic mass is 9.95. The first-order valence-corrected chi connectivity index (χ1v) is 11.7. The van der Waals surface area contributed by atoms with E-state index in [4.69, 9.17) is 16.1 Å². The molecule has 1 saturated carbocycles. The highest BCUT2D eigenvalue weighted by Crippen LogP contribution is 2.30. The SMILES string of the molecule is CC(=N)/C(=C(/C)N)c1cc(-c2ccnc(NC3CCCCC3)c2)nc(N2CCNCC2)c1. The lowest BCUT2D eigenvalue weighted by Crippen LogP contribution is -2.44. The van der Waals surface area contributed by atoms with Gasteiger partial charge in [-0.1, -0.05) is 19.3 Å². The monoisotopic (exact) mass is 433 g/mol. The summed E-state index contributed by atoms with van der Waals surface area (Å²) in [4.78, 5) is 11.9. The van der Waals surface area contributed by atoms with Crippen LogP contribution in [-0.4, -0.2) is 47.9 Å². The van der Waals surface area contributed by atoms with Gasteiger partial charge in [0.05, 0.1) is 5.69 Å². The number of rotatable bonds is 6. The van der Waals surface area contributed by atoms with Gasteiger partial charge in [0.25, 0.3) is 0 Å². The fraction of sp³-hybridized carbons (Fsp3) is 0.480. The van der Waals surface area contributed by atoms with E-state index < -0.39 is 0 Å². The summed E-state index contributed by atoms with van der Waals surface area (Å²) in [5, 5.41) is 15.3. The second-order valence-electron chi connectivity index (χ2n) is 8.93. The molecule has 3 heterocycles. The van der Waals surface area contributed by atoms with Gasteiger partial charge in [0.2, 0.25) is 0 Å². The standard InChI is InChI=1S/C25H35N7/c1-17(26)25(18(2)27)20-14-22(31-24(16-20)32-12-10-28-11-13-32)19-8-9-29-23(15-19)30-21-6-4-3-5-7-21/h8-9,14-16,21,26,28H,3-7,10-13,27H2,1-2H3,(H,29,30)/b25-18+,26-17?. The molecule has 2 aromatic rings. The van der Waals surface area contributed by atoms with Crippen molar-refractivity contribution in [1.82, 2.24) is 15.3 Å². The lowest BCUT2D eigenvalue weighted by molar-refractivity contribution is 0.462. The van der Waals surface area contributed by atoms with E-state index in [-0.39, 0.29) is 0 Å². The Hall–Kier alpha value is -2.93. The van der Waals surface area contributed by atoms with Crippen molar-refractivity contribution < 1.29 is 0 Å². The Morgan fingerprint density at radius 3 is 2.56 bits per heavy atom. The van der Waals surface area contributed by atoms with E-state index in [1.54, 1.807) is 6.92 Å². The van der Waals surface area contributed by atoms with Gasteiger partial charge in [-0.2, -0.15) is 0 Å². The van der Waals surface area contributed by atoms with Gasteiger partial charge in [0.15, 0.2) is 0 Å². The molecule has 7 nitrogen and oxygen atoms in total. The summed E-state index contributed by atoms with van der Waals surface area (Å²) in [5.74, 6) is 1.83. The van der Waals surface area contributed by atoms with E-state index in [1.807, 2.05) is 19.2 Å². The van der Waals surface area contributed by atoms with Gasteiger partial charge in [-0.3, -0.25) is 0 Å². The van der Waals surface area contributed by atoms with Crippen molar-refractivity contribution in [2.24, 2.45) is 5.73 Å². The number of piperazine rings is 1. The summed E-state index contributed by atoms with van der Waals surface area (Å²) in [6.07, 6.45) is 8.16. The number of hydrogen-bond donors (Lipinski definition) is 4. The molecule has 7 heteroatoms. The van der Waals surface area contributed by atoms with Gasteiger partial charge in [-0.25, -0.2) is 9.97 Å². The van der Waals surface area contributed by atoms with E-state index in [0.717, 1.165) is 60.2 Å². The number of nitrogens with two attached hydrogens (primary N) is 1. The fourth-order valence-electron chi connectivity index (χ4n) is 4.73. The zero-order chi connectivity index (χ0) is 22.5. The molecule has 0 radical (unpaired) electrons. The third-order valence-corrected chi connectivity index (χ3v) is 6.32. The van der Waals surface area contributed by atoms with E-state index >= 15 is 0 Å². The first kappa shape index (κ1) is 22.3. The van der Waals surface area contributed by atoms with Crippen LogP contribution in [0.1, 0.15) is 51.5 Å². The number of aromatic nitrogens is 2. The van der Waals surface area contributed by atoms with Gasteiger partial charge in [-0.05, 0) is 56.5 Å². The van der Waals surface area contributed by atoms with Crippen LogP contribution < -0.4 is 21.3 Å². The maximum Gasteiger partial charge on any atom is 0.129 e. The van der Waals surface area contributed by atoms with Crippen LogP contribution in [0.15, 0.2) is 36.2 Å². The molecule has 1 saturated heterocycles. The Kier molecular flexibility index (Phi) is 7.05. The molecule has 32 heavy (non-hydrogen) atoms. The third kappa shape index (κ3) is 5.27. The lowest BCUT2D eigenvalue weighted by Gasteiger charge is -2.29. The Balaban J connectivity index is 1.72. The summed E-state index contributed by atoms with van der Waals surface area (Å²) in [5.41, 5.74) is 10.9. The molecule has 0 atom stereocenters. The van der Waals surface area contributed by atoms with Crippen molar-refractivity contribution in [2.45, 2.75) is 52.0 Å². The van der Waals surface area contributed by atoms with Crippen LogP contribution in [0.5, 0.6) is 0 Å². The third-order valence-electron chi connectivity index (χ3n) is 6.32. The van der Waals surface area contributed by atoms with Crippen LogP contribution in [0.3, 0.4) is 0 Å². The zero-order valence-corrected chi connectivity index (χ0v) is 19.2. The zero-order valence-electron chi connectivity index (χ0n) is 19.2. The molecule has 170 valence electrons. The number of pyridine rings is 2. The second kappa shape index (κ2) is 10.1. The highest BCUT2D eigenvalue weighted by molar-refractivity contribution is 6.22. The number of nitrogens with zero attached hydrogens (tertiary/aromatic N) is 3. The average Bonchev–Trinajstić information content (AvgIpc) is 2.80. The smallest absolute Gasteiger partial charge is 0.129 e. The summed E-state index contributed by atoms with van der Waals surface area (Å²) < 4.78 is 0. The maximum absolute atomic E-state index is 8.28. The predicted molar refractivity (Wildman–Crippen MR) is 133 cm³/mol. The van der Waals surface area contributed by atoms with Crippen molar-refractivity contribution in [3.8, 4) is 11.3 Å². The molecule has 0 bridgehead atoms. The van der Waals surface area contributed by atoms with Crippen molar-refractivity contribution >= 4 is 22.9 Å². The van der Waals surface area contributed by atoms with Crippen molar-refractivity contribution in [1.29, 1.82) is 5.41 Å². The first-order valence-electron chi connectivity index (χ1n) is 11.7. The van der Waals surface area contributed by atoms with Crippen molar-refractivity contribution in [3.05, 3.63) is 41.7 Å². The second-order valence-corrected chi connectivity index (χ2v) is 8.93. The molecular formula is C25H35N7. The molecule has 1 aliphatic heterocycles. The molecule has 1 aliphatic carbocycles. The van der Waals surface area contributed by atoms with Gasteiger partial charge in [-0.15, -0.1) is 0 Å². The van der Waals surface area contributed by atoms with Crippen LogP contribution in [0.25, 0.3) is 16.8 Å². The Bertz CT molecular complexity index is 982. The Morgan fingerprint density at radius 1 is 1.12 bits per heavy atom. The summed E-state index contributed by atoms with van der Waals surface area (Å²) in [6, 6.07) is 8.72. The van der Waals surface area contributed by atoms with Gasteiger partial charge < -0.3 is 26.7 Å². The number of allylic oxidation sites excluding steroid dienone is 2. The predicted octanol–water partition coefficient (Wildman–Crippen LogP) is 4.03. The molecule has 0 spiro atoms. The molecule has 2 aromatic heterocycles. The molecule has 2 fully saturated rings. The highest BCUT2D eigenvalue weighted by Gasteiger charge is 2.18. The van der Waals surface area contributed by atoms with Crippen LogP contribution in [0.4, 0.5) is 11.6 Å². The molecule has 4 rings (SSSR count). The van der Waals surface area contributed by atoms with Crippen molar-refractivity contribution in [3.63, 3.8) is 0 Å². The summed E-state index contributed by atoms with van der Waals surface area (Å²) >= 11 is 0. The molecular weight excluding hydrogens is 398 g/mol.